The normalized spacial score (nSPS) is 20.6. The van der Waals surface area contributed by atoms with Crippen LogP contribution in [0.25, 0.3) is 11.2 Å². The SMILES string of the molecule is Cn1cnc2c(Nc3n[nH]c4c3CN(C(=O)N[C@H]3C[C@@H]3c3ccccc3)C4(C)C)ncnc21. The van der Waals surface area contributed by atoms with Crippen LogP contribution in [0.15, 0.2) is 43.0 Å². The second kappa shape index (κ2) is 7.03. The molecule has 0 saturated heterocycles. The number of carbonyl (C=O) groups excluding carboxylic acids is 1. The minimum Gasteiger partial charge on any atom is -0.335 e. The maximum Gasteiger partial charge on any atom is 0.318 e. The van der Waals surface area contributed by atoms with Crippen LogP contribution in [0.4, 0.5) is 16.4 Å². The molecule has 168 valence electrons. The fraction of sp³-hybridized carbons (Fsp3) is 0.348. The molecule has 4 heterocycles. The van der Waals surface area contributed by atoms with Gasteiger partial charge in [-0.15, -0.1) is 0 Å². The summed E-state index contributed by atoms with van der Waals surface area (Å²) in [6.45, 7) is 4.51. The number of benzene rings is 1. The topological polar surface area (TPSA) is 117 Å². The number of hydrogen-bond donors (Lipinski definition) is 3. The van der Waals surface area contributed by atoms with Crippen molar-refractivity contribution in [2.75, 3.05) is 5.32 Å². The molecule has 2 aliphatic rings. The van der Waals surface area contributed by atoms with Gasteiger partial charge in [-0.2, -0.15) is 5.10 Å². The van der Waals surface area contributed by atoms with Crippen LogP contribution in [0.1, 0.15) is 43.0 Å². The third-order valence-corrected chi connectivity index (χ3v) is 6.78. The summed E-state index contributed by atoms with van der Waals surface area (Å²) in [5, 5.41) is 14.1. The molecule has 1 aromatic carbocycles. The van der Waals surface area contributed by atoms with Crippen molar-refractivity contribution in [3.05, 3.63) is 59.8 Å². The number of anilines is 2. The molecule has 0 unspecified atom stereocenters. The lowest BCUT2D eigenvalue weighted by atomic mass is 10.0. The van der Waals surface area contributed by atoms with Crippen LogP contribution in [-0.4, -0.2) is 46.7 Å². The first kappa shape index (κ1) is 19.7. The molecule has 6 rings (SSSR count). The van der Waals surface area contributed by atoms with Crippen molar-refractivity contribution in [2.24, 2.45) is 7.05 Å². The van der Waals surface area contributed by atoms with Crippen LogP contribution in [0, 0.1) is 0 Å². The maximum atomic E-state index is 13.2. The summed E-state index contributed by atoms with van der Waals surface area (Å²) in [5.41, 5.74) is 4.03. The Bertz CT molecular complexity index is 1360. The molecule has 0 spiro atoms. The van der Waals surface area contributed by atoms with E-state index in [0.29, 0.717) is 29.6 Å². The quantitative estimate of drug-likeness (QED) is 0.446. The van der Waals surface area contributed by atoms with E-state index in [0.717, 1.165) is 23.3 Å². The van der Waals surface area contributed by atoms with Gasteiger partial charge in [0.15, 0.2) is 22.8 Å². The number of carbonyl (C=O) groups is 1. The summed E-state index contributed by atoms with van der Waals surface area (Å²) >= 11 is 0. The monoisotopic (exact) mass is 443 g/mol. The number of nitrogens with one attached hydrogen (secondary N) is 3. The molecule has 2 atom stereocenters. The maximum absolute atomic E-state index is 13.2. The van der Waals surface area contributed by atoms with Crippen molar-refractivity contribution in [1.82, 2.24) is 39.9 Å². The van der Waals surface area contributed by atoms with Gasteiger partial charge in [0, 0.05) is 24.6 Å². The van der Waals surface area contributed by atoms with Gasteiger partial charge in [0.1, 0.15) is 6.33 Å². The number of amides is 2. The zero-order valence-corrected chi connectivity index (χ0v) is 18.7. The Kier molecular flexibility index (Phi) is 4.20. The van der Waals surface area contributed by atoms with Gasteiger partial charge in [0.05, 0.1) is 24.1 Å². The Balaban J connectivity index is 1.21. The lowest BCUT2D eigenvalue weighted by molar-refractivity contribution is 0.142. The molecule has 1 fully saturated rings. The van der Waals surface area contributed by atoms with Crippen LogP contribution in [0.5, 0.6) is 0 Å². The van der Waals surface area contributed by atoms with E-state index in [1.54, 1.807) is 6.33 Å². The summed E-state index contributed by atoms with van der Waals surface area (Å²) in [6, 6.07) is 10.4. The number of nitrogens with zero attached hydrogens (tertiary/aromatic N) is 6. The minimum atomic E-state index is -0.518. The zero-order valence-electron chi connectivity index (χ0n) is 18.7. The van der Waals surface area contributed by atoms with Gasteiger partial charge >= 0.3 is 6.03 Å². The van der Waals surface area contributed by atoms with E-state index in [4.69, 9.17) is 0 Å². The first-order valence-corrected chi connectivity index (χ1v) is 11.0. The van der Waals surface area contributed by atoms with Crippen LogP contribution in [-0.2, 0) is 19.1 Å². The third kappa shape index (κ3) is 3.12. The molecule has 2 amide bonds. The average Bonchev–Trinajstić information content (AvgIpc) is 3.14. The highest BCUT2D eigenvalue weighted by molar-refractivity contribution is 5.85. The van der Waals surface area contributed by atoms with Gasteiger partial charge in [-0.25, -0.2) is 19.7 Å². The first-order valence-electron chi connectivity index (χ1n) is 11.0. The van der Waals surface area contributed by atoms with E-state index in [9.17, 15) is 4.79 Å². The second-order valence-corrected chi connectivity index (χ2v) is 9.25. The molecule has 4 aromatic rings. The van der Waals surface area contributed by atoms with E-state index in [1.807, 2.05) is 48.6 Å². The molecular formula is C23H25N9O. The molecular weight excluding hydrogens is 418 g/mol. The lowest BCUT2D eigenvalue weighted by Crippen LogP contribution is -2.47. The highest BCUT2D eigenvalue weighted by Gasteiger charge is 2.46. The number of imidazole rings is 1. The highest BCUT2D eigenvalue weighted by atomic mass is 16.2. The Morgan fingerprint density at radius 2 is 1.97 bits per heavy atom. The van der Waals surface area contributed by atoms with Gasteiger partial charge in [0.25, 0.3) is 0 Å². The third-order valence-electron chi connectivity index (χ3n) is 6.78. The van der Waals surface area contributed by atoms with Crippen molar-refractivity contribution < 1.29 is 4.79 Å². The average molecular weight is 444 g/mol. The van der Waals surface area contributed by atoms with Gasteiger partial charge in [0.2, 0.25) is 0 Å². The number of H-pyrrole nitrogens is 1. The van der Waals surface area contributed by atoms with Crippen molar-refractivity contribution in [3.63, 3.8) is 0 Å². The van der Waals surface area contributed by atoms with Gasteiger partial charge < -0.3 is 20.1 Å². The Labute approximate surface area is 190 Å². The van der Waals surface area contributed by atoms with E-state index < -0.39 is 5.54 Å². The molecule has 3 aromatic heterocycles. The standard InChI is InChI=1S/C23H25N9O/c1-23(2)18-15(10-32(23)22(33)27-16-9-14(16)13-7-5-4-6-8-13)19(30-29-18)28-20-17-21(25-11-24-20)31(3)12-26-17/h4-8,11-12,14,16H,9-10H2,1-3H3,(H,27,33)(H2,24,25,28,29,30)/t14-,16+/m1/s1. The summed E-state index contributed by atoms with van der Waals surface area (Å²) in [4.78, 5) is 28.1. The van der Waals surface area contributed by atoms with E-state index in [2.05, 4.69) is 47.9 Å². The molecule has 10 nitrogen and oxygen atoms in total. The number of aromatic nitrogens is 6. The van der Waals surface area contributed by atoms with Crippen molar-refractivity contribution in [1.29, 1.82) is 0 Å². The predicted molar refractivity (Wildman–Crippen MR) is 123 cm³/mol. The molecule has 1 aliphatic carbocycles. The zero-order chi connectivity index (χ0) is 22.7. The number of hydrogen-bond acceptors (Lipinski definition) is 6. The Morgan fingerprint density at radius 1 is 1.15 bits per heavy atom. The lowest BCUT2D eigenvalue weighted by Gasteiger charge is -2.32. The molecule has 0 radical (unpaired) electrons. The summed E-state index contributed by atoms with van der Waals surface area (Å²) < 4.78 is 1.84. The fourth-order valence-corrected chi connectivity index (χ4v) is 4.75. The van der Waals surface area contributed by atoms with Crippen LogP contribution < -0.4 is 10.6 Å². The minimum absolute atomic E-state index is 0.0619. The van der Waals surface area contributed by atoms with Gasteiger partial charge in [-0.1, -0.05) is 30.3 Å². The summed E-state index contributed by atoms with van der Waals surface area (Å²) in [7, 11) is 1.89. The van der Waals surface area contributed by atoms with Crippen LogP contribution >= 0.6 is 0 Å². The molecule has 33 heavy (non-hydrogen) atoms. The number of urea groups is 1. The molecule has 1 saturated carbocycles. The number of aryl methyl sites for hydroxylation is 1. The molecule has 1 aliphatic heterocycles. The predicted octanol–water partition coefficient (Wildman–Crippen LogP) is 3.15. The second-order valence-electron chi connectivity index (χ2n) is 9.25. The number of rotatable bonds is 4. The van der Waals surface area contributed by atoms with Crippen LogP contribution in [0.2, 0.25) is 0 Å². The Hall–Kier alpha value is -3.95. The number of aromatic amines is 1. The van der Waals surface area contributed by atoms with Gasteiger partial charge in [-0.3, -0.25) is 5.10 Å². The van der Waals surface area contributed by atoms with Gasteiger partial charge in [-0.05, 0) is 25.8 Å². The molecule has 3 N–H and O–H groups in total. The summed E-state index contributed by atoms with van der Waals surface area (Å²) in [5.74, 6) is 1.61. The smallest absolute Gasteiger partial charge is 0.318 e. The Morgan fingerprint density at radius 3 is 2.79 bits per heavy atom. The largest absolute Gasteiger partial charge is 0.335 e. The van der Waals surface area contributed by atoms with Crippen molar-refractivity contribution >= 4 is 28.8 Å². The summed E-state index contributed by atoms with van der Waals surface area (Å²) in [6.07, 6.45) is 4.18. The number of fused-ring (bicyclic) bond motifs is 2. The fourth-order valence-electron chi connectivity index (χ4n) is 4.75. The van der Waals surface area contributed by atoms with Crippen LogP contribution in [0.3, 0.4) is 0 Å². The molecule has 10 heteroatoms. The first-order chi connectivity index (χ1) is 15.9. The highest BCUT2D eigenvalue weighted by Crippen LogP contribution is 2.43. The van der Waals surface area contributed by atoms with E-state index in [-0.39, 0.29) is 12.1 Å². The van der Waals surface area contributed by atoms with E-state index >= 15 is 0 Å². The van der Waals surface area contributed by atoms with E-state index in [1.165, 1.54) is 11.9 Å². The molecule has 0 bridgehead atoms. The van der Waals surface area contributed by atoms with Crippen molar-refractivity contribution in [3.8, 4) is 0 Å². The van der Waals surface area contributed by atoms with Crippen molar-refractivity contribution in [2.45, 2.75) is 44.3 Å².